The van der Waals surface area contributed by atoms with Crippen LogP contribution in [0, 0.1) is 0 Å². The van der Waals surface area contributed by atoms with Crippen LogP contribution < -0.4 is 15.4 Å². The smallest absolute Gasteiger partial charge is 0.245 e. The molecule has 0 saturated carbocycles. The topological polar surface area (TPSA) is 100 Å². The first-order chi connectivity index (χ1) is 10.2. The summed E-state index contributed by atoms with van der Waals surface area (Å²) in [6.07, 6.45) is 2.09. The van der Waals surface area contributed by atoms with Crippen LogP contribution in [0.4, 0.5) is 5.95 Å². The number of hydrogen-bond acceptors (Lipinski definition) is 6. The van der Waals surface area contributed by atoms with E-state index in [1.165, 1.54) is 7.11 Å². The maximum atomic E-state index is 9.83. The van der Waals surface area contributed by atoms with Crippen LogP contribution in [0.25, 0.3) is 11.4 Å². The number of hydrogen-bond donors (Lipinski definition) is 3. The zero-order chi connectivity index (χ0) is 14.8. The van der Waals surface area contributed by atoms with Gasteiger partial charge in [0.1, 0.15) is 0 Å². The van der Waals surface area contributed by atoms with Crippen LogP contribution in [0.2, 0.25) is 0 Å². The third kappa shape index (κ3) is 2.78. The number of nitrogens with two attached hydrogens (primary N) is 1. The van der Waals surface area contributed by atoms with Gasteiger partial charge in [-0.25, -0.2) is 0 Å². The Bertz CT molecular complexity index is 628. The number of H-pyrrole nitrogens is 1. The summed E-state index contributed by atoms with van der Waals surface area (Å²) in [5.41, 5.74) is 6.74. The minimum Gasteiger partial charge on any atom is -0.504 e. The molecule has 2 aromatic rings. The third-order valence-electron chi connectivity index (χ3n) is 3.67. The molecule has 1 unspecified atom stereocenters. The molecule has 1 aromatic carbocycles. The van der Waals surface area contributed by atoms with Crippen molar-refractivity contribution in [1.82, 2.24) is 15.2 Å². The number of phenols is 1. The number of aromatic amines is 1. The van der Waals surface area contributed by atoms with Gasteiger partial charge < -0.3 is 20.5 Å². The second-order valence-corrected chi connectivity index (χ2v) is 5.22. The van der Waals surface area contributed by atoms with E-state index in [0.717, 1.165) is 31.5 Å². The molecule has 4 N–H and O–H groups in total. The standard InChI is InChI=1S/C14H19N5O2/c1-21-12-5-4-9(7-11(12)20)13-16-14(18-17-13)19-6-2-3-10(15)8-19/h4-5,7,10,20H,2-3,6,8,15H2,1H3,(H,16,17,18). The largest absolute Gasteiger partial charge is 0.504 e. The molecule has 0 radical (unpaired) electrons. The van der Waals surface area contributed by atoms with Crippen molar-refractivity contribution in [2.75, 3.05) is 25.1 Å². The van der Waals surface area contributed by atoms with E-state index in [4.69, 9.17) is 10.5 Å². The third-order valence-corrected chi connectivity index (χ3v) is 3.67. The summed E-state index contributed by atoms with van der Waals surface area (Å²) < 4.78 is 5.03. The SMILES string of the molecule is COc1ccc(-c2nc(N3CCCC(N)C3)n[nH]2)cc1O. The summed E-state index contributed by atoms with van der Waals surface area (Å²) in [5.74, 6) is 1.77. The molecule has 21 heavy (non-hydrogen) atoms. The highest BCUT2D eigenvalue weighted by Crippen LogP contribution is 2.30. The number of aromatic nitrogens is 3. The normalized spacial score (nSPS) is 18.8. The highest BCUT2D eigenvalue weighted by Gasteiger charge is 2.20. The number of benzene rings is 1. The molecule has 112 valence electrons. The molecule has 1 aliphatic rings. The van der Waals surface area contributed by atoms with Gasteiger partial charge in [0.2, 0.25) is 5.95 Å². The summed E-state index contributed by atoms with van der Waals surface area (Å²) in [5, 5.41) is 17.0. The average molecular weight is 289 g/mol. The summed E-state index contributed by atoms with van der Waals surface area (Å²) in [4.78, 5) is 6.57. The summed E-state index contributed by atoms with van der Waals surface area (Å²) >= 11 is 0. The van der Waals surface area contributed by atoms with Gasteiger partial charge in [-0.1, -0.05) is 0 Å². The minimum absolute atomic E-state index is 0.0768. The molecule has 7 heteroatoms. The lowest BCUT2D eigenvalue weighted by atomic mass is 10.1. The first-order valence-corrected chi connectivity index (χ1v) is 6.97. The minimum atomic E-state index is 0.0768. The molecule has 1 fully saturated rings. The maximum Gasteiger partial charge on any atom is 0.245 e. The highest BCUT2D eigenvalue weighted by molar-refractivity contribution is 5.61. The van der Waals surface area contributed by atoms with Gasteiger partial charge in [-0.3, -0.25) is 5.10 Å². The Morgan fingerprint density at radius 1 is 1.48 bits per heavy atom. The summed E-state index contributed by atoms with van der Waals surface area (Å²) in [6.45, 7) is 1.68. The van der Waals surface area contributed by atoms with Gasteiger partial charge in [0, 0.05) is 24.7 Å². The molecule has 2 heterocycles. The van der Waals surface area contributed by atoms with E-state index in [9.17, 15) is 5.11 Å². The van der Waals surface area contributed by atoms with Crippen LogP contribution in [0.1, 0.15) is 12.8 Å². The molecule has 0 bridgehead atoms. The van der Waals surface area contributed by atoms with Crippen LogP contribution in [0.3, 0.4) is 0 Å². The van der Waals surface area contributed by atoms with Crippen LogP contribution in [-0.2, 0) is 0 Å². The van der Waals surface area contributed by atoms with Crippen molar-refractivity contribution in [3.05, 3.63) is 18.2 Å². The number of methoxy groups -OCH3 is 1. The molecular formula is C14H19N5O2. The number of aromatic hydroxyl groups is 1. The number of anilines is 1. The van der Waals surface area contributed by atoms with Gasteiger partial charge in [-0.15, -0.1) is 5.10 Å². The maximum absolute atomic E-state index is 9.83. The predicted molar refractivity (Wildman–Crippen MR) is 79.5 cm³/mol. The lowest BCUT2D eigenvalue weighted by Gasteiger charge is -2.29. The van der Waals surface area contributed by atoms with E-state index >= 15 is 0 Å². The van der Waals surface area contributed by atoms with Gasteiger partial charge in [0.05, 0.1) is 7.11 Å². The fourth-order valence-electron chi connectivity index (χ4n) is 2.55. The fraction of sp³-hybridized carbons (Fsp3) is 0.429. The second kappa shape index (κ2) is 5.61. The van der Waals surface area contributed by atoms with Gasteiger partial charge in [-0.2, -0.15) is 4.98 Å². The van der Waals surface area contributed by atoms with Crippen molar-refractivity contribution in [2.45, 2.75) is 18.9 Å². The van der Waals surface area contributed by atoms with E-state index in [-0.39, 0.29) is 11.8 Å². The summed E-state index contributed by atoms with van der Waals surface area (Å²) in [7, 11) is 1.51. The van der Waals surface area contributed by atoms with Crippen molar-refractivity contribution in [1.29, 1.82) is 0 Å². The molecule has 0 amide bonds. The molecule has 1 aliphatic heterocycles. The van der Waals surface area contributed by atoms with Crippen molar-refractivity contribution >= 4 is 5.95 Å². The number of piperidine rings is 1. The molecule has 1 aromatic heterocycles. The van der Waals surface area contributed by atoms with Crippen molar-refractivity contribution in [2.24, 2.45) is 5.73 Å². The van der Waals surface area contributed by atoms with E-state index < -0.39 is 0 Å². The quantitative estimate of drug-likeness (QED) is 0.782. The van der Waals surface area contributed by atoms with Crippen molar-refractivity contribution in [3.8, 4) is 22.9 Å². The van der Waals surface area contributed by atoms with Crippen LogP contribution in [-0.4, -0.2) is 46.5 Å². The zero-order valence-electron chi connectivity index (χ0n) is 11.9. The summed E-state index contributed by atoms with van der Waals surface area (Å²) in [6, 6.07) is 5.30. The zero-order valence-corrected chi connectivity index (χ0v) is 11.9. The monoisotopic (exact) mass is 289 g/mol. The number of nitrogens with one attached hydrogen (secondary N) is 1. The Hall–Kier alpha value is -2.28. The van der Waals surface area contributed by atoms with Gasteiger partial charge >= 0.3 is 0 Å². The number of ether oxygens (including phenoxy) is 1. The Kier molecular flexibility index (Phi) is 3.66. The Labute approximate surface area is 122 Å². The van der Waals surface area contributed by atoms with E-state index in [1.807, 2.05) is 6.07 Å². The molecule has 0 spiro atoms. The van der Waals surface area contributed by atoms with Gasteiger partial charge in [-0.05, 0) is 31.0 Å². The first-order valence-electron chi connectivity index (χ1n) is 6.97. The second-order valence-electron chi connectivity index (χ2n) is 5.22. The van der Waals surface area contributed by atoms with E-state index in [1.54, 1.807) is 12.1 Å². The highest BCUT2D eigenvalue weighted by atomic mass is 16.5. The lowest BCUT2D eigenvalue weighted by molar-refractivity contribution is 0.373. The molecular weight excluding hydrogens is 270 g/mol. The van der Waals surface area contributed by atoms with Crippen molar-refractivity contribution < 1.29 is 9.84 Å². The van der Waals surface area contributed by atoms with E-state index in [0.29, 0.717) is 17.5 Å². The number of nitrogens with zero attached hydrogens (tertiary/aromatic N) is 3. The van der Waals surface area contributed by atoms with Gasteiger partial charge in [0.25, 0.3) is 0 Å². The molecule has 0 aliphatic carbocycles. The molecule has 3 rings (SSSR count). The Balaban J connectivity index is 1.82. The van der Waals surface area contributed by atoms with Crippen LogP contribution >= 0.6 is 0 Å². The van der Waals surface area contributed by atoms with Crippen LogP contribution in [0.5, 0.6) is 11.5 Å². The predicted octanol–water partition coefficient (Wildman–Crippen LogP) is 1.11. The Morgan fingerprint density at radius 2 is 2.33 bits per heavy atom. The molecule has 1 saturated heterocycles. The molecule has 7 nitrogen and oxygen atoms in total. The van der Waals surface area contributed by atoms with E-state index in [2.05, 4.69) is 20.1 Å². The van der Waals surface area contributed by atoms with Crippen molar-refractivity contribution in [3.63, 3.8) is 0 Å². The number of phenolic OH excluding ortho intramolecular Hbond substituents is 1. The number of rotatable bonds is 3. The fourth-order valence-corrected chi connectivity index (χ4v) is 2.55. The van der Waals surface area contributed by atoms with Gasteiger partial charge in [0.15, 0.2) is 17.3 Å². The van der Waals surface area contributed by atoms with Crippen LogP contribution in [0.15, 0.2) is 18.2 Å². The molecule has 1 atom stereocenters. The average Bonchev–Trinajstić information content (AvgIpc) is 2.97. The Morgan fingerprint density at radius 3 is 3.05 bits per heavy atom. The lowest BCUT2D eigenvalue weighted by Crippen LogP contribution is -2.43. The first kappa shape index (κ1) is 13.7.